The first-order valence-electron chi connectivity index (χ1n) is 8.86. The molecule has 0 aliphatic heterocycles. The SMILES string of the molecule is CC[C@H](C)[C@@H](C(=O)OCC(=O)Nc1ccc(S(N)(=O)=O)cc1)c1ccccc1. The molecule has 3 N–H and O–H groups in total. The van der Waals surface area contributed by atoms with Gasteiger partial charge in [-0.3, -0.25) is 9.59 Å². The predicted molar refractivity (Wildman–Crippen MR) is 106 cm³/mol. The van der Waals surface area contributed by atoms with Crippen molar-refractivity contribution in [3.8, 4) is 0 Å². The van der Waals surface area contributed by atoms with Crippen LogP contribution in [-0.2, 0) is 24.3 Å². The molecular weight excluding hydrogens is 380 g/mol. The van der Waals surface area contributed by atoms with E-state index in [2.05, 4.69) is 5.32 Å². The Balaban J connectivity index is 1.97. The van der Waals surface area contributed by atoms with Crippen molar-refractivity contribution in [1.29, 1.82) is 0 Å². The normalized spacial score (nSPS) is 13.4. The maximum Gasteiger partial charge on any atom is 0.314 e. The van der Waals surface area contributed by atoms with Crippen LogP contribution in [0.1, 0.15) is 31.7 Å². The number of nitrogens with one attached hydrogen (secondary N) is 1. The molecule has 0 fully saturated rings. The van der Waals surface area contributed by atoms with E-state index in [0.717, 1.165) is 12.0 Å². The lowest BCUT2D eigenvalue weighted by atomic mass is 9.86. The molecule has 150 valence electrons. The smallest absolute Gasteiger partial charge is 0.314 e. The maximum atomic E-state index is 12.6. The number of amides is 1. The van der Waals surface area contributed by atoms with E-state index in [4.69, 9.17) is 9.88 Å². The lowest BCUT2D eigenvalue weighted by Crippen LogP contribution is -2.27. The second-order valence-corrected chi connectivity index (χ2v) is 8.06. The number of rotatable bonds is 8. The Morgan fingerprint density at radius 3 is 2.21 bits per heavy atom. The van der Waals surface area contributed by atoms with Crippen LogP contribution in [0.2, 0.25) is 0 Å². The highest BCUT2D eigenvalue weighted by molar-refractivity contribution is 7.89. The van der Waals surface area contributed by atoms with Gasteiger partial charge in [0.25, 0.3) is 5.91 Å². The van der Waals surface area contributed by atoms with Crippen molar-refractivity contribution < 1.29 is 22.7 Å². The predicted octanol–water partition coefficient (Wildman–Crippen LogP) is 2.65. The number of nitrogens with two attached hydrogens (primary N) is 1. The Hall–Kier alpha value is -2.71. The Labute approximate surface area is 164 Å². The molecule has 8 heteroatoms. The van der Waals surface area contributed by atoms with Gasteiger partial charge in [0.1, 0.15) is 0 Å². The molecule has 2 atom stereocenters. The van der Waals surface area contributed by atoms with Crippen molar-refractivity contribution in [2.24, 2.45) is 11.1 Å². The Bertz CT molecular complexity index is 911. The summed E-state index contributed by atoms with van der Waals surface area (Å²) in [6, 6.07) is 14.7. The zero-order chi connectivity index (χ0) is 20.7. The first-order chi connectivity index (χ1) is 13.2. The molecule has 0 spiro atoms. The minimum atomic E-state index is -3.80. The van der Waals surface area contributed by atoms with Gasteiger partial charge >= 0.3 is 5.97 Å². The number of carbonyl (C=O) groups is 2. The van der Waals surface area contributed by atoms with Crippen LogP contribution in [0.15, 0.2) is 59.5 Å². The summed E-state index contributed by atoms with van der Waals surface area (Å²) in [7, 11) is -3.80. The number of sulfonamides is 1. The van der Waals surface area contributed by atoms with Crippen molar-refractivity contribution in [2.45, 2.75) is 31.1 Å². The fraction of sp³-hybridized carbons (Fsp3) is 0.300. The summed E-state index contributed by atoms with van der Waals surface area (Å²) in [5.74, 6) is -1.37. The molecule has 0 radical (unpaired) electrons. The summed E-state index contributed by atoms with van der Waals surface area (Å²) in [6.45, 7) is 3.52. The van der Waals surface area contributed by atoms with Crippen LogP contribution in [0.5, 0.6) is 0 Å². The quantitative estimate of drug-likeness (QED) is 0.656. The Morgan fingerprint density at radius 2 is 1.68 bits per heavy atom. The van der Waals surface area contributed by atoms with E-state index in [1.807, 2.05) is 44.2 Å². The Morgan fingerprint density at radius 1 is 1.07 bits per heavy atom. The van der Waals surface area contributed by atoms with Gasteiger partial charge in [-0.15, -0.1) is 0 Å². The van der Waals surface area contributed by atoms with Gasteiger partial charge in [0.05, 0.1) is 10.8 Å². The summed E-state index contributed by atoms with van der Waals surface area (Å²) in [5, 5.41) is 7.57. The molecule has 28 heavy (non-hydrogen) atoms. The highest BCUT2D eigenvalue weighted by Crippen LogP contribution is 2.28. The van der Waals surface area contributed by atoms with E-state index in [9.17, 15) is 18.0 Å². The number of hydrogen-bond acceptors (Lipinski definition) is 5. The largest absolute Gasteiger partial charge is 0.455 e. The van der Waals surface area contributed by atoms with Gasteiger partial charge in [0, 0.05) is 5.69 Å². The van der Waals surface area contributed by atoms with E-state index in [0.29, 0.717) is 5.69 Å². The molecule has 2 rings (SSSR count). The summed E-state index contributed by atoms with van der Waals surface area (Å²) in [5.41, 5.74) is 1.22. The molecule has 0 aliphatic rings. The van der Waals surface area contributed by atoms with E-state index in [1.54, 1.807) is 0 Å². The first kappa shape index (κ1) is 21.6. The average Bonchev–Trinajstić information content (AvgIpc) is 2.67. The van der Waals surface area contributed by atoms with Crippen molar-refractivity contribution in [1.82, 2.24) is 0 Å². The van der Waals surface area contributed by atoms with Gasteiger partial charge in [-0.2, -0.15) is 0 Å². The number of primary sulfonamides is 1. The van der Waals surface area contributed by atoms with E-state index >= 15 is 0 Å². The number of hydrogen-bond donors (Lipinski definition) is 2. The molecule has 0 heterocycles. The molecule has 2 aromatic rings. The lowest BCUT2D eigenvalue weighted by Gasteiger charge is -2.21. The highest BCUT2D eigenvalue weighted by Gasteiger charge is 2.27. The number of anilines is 1. The molecular formula is C20H24N2O5S. The van der Waals surface area contributed by atoms with Crippen LogP contribution in [0, 0.1) is 5.92 Å². The second kappa shape index (κ2) is 9.48. The highest BCUT2D eigenvalue weighted by atomic mass is 32.2. The van der Waals surface area contributed by atoms with Crippen molar-refractivity contribution in [3.63, 3.8) is 0 Å². The van der Waals surface area contributed by atoms with Crippen molar-refractivity contribution in [2.75, 3.05) is 11.9 Å². The van der Waals surface area contributed by atoms with Gasteiger partial charge < -0.3 is 10.1 Å². The average molecular weight is 404 g/mol. The summed E-state index contributed by atoms with van der Waals surface area (Å²) in [6.07, 6.45) is 0.789. The Kier molecular flexibility index (Phi) is 7.31. The van der Waals surface area contributed by atoms with Crippen LogP contribution in [0.4, 0.5) is 5.69 Å². The molecule has 2 aromatic carbocycles. The van der Waals surface area contributed by atoms with Gasteiger partial charge in [0.15, 0.2) is 6.61 Å². The number of benzene rings is 2. The zero-order valence-corrected chi connectivity index (χ0v) is 16.6. The molecule has 0 bridgehead atoms. The van der Waals surface area contributed by atoms with Crippen LogP contribution >= 0.6 is 0 Å². The topological polar surface area (TPSA) is 116 Å². The van der Waals surface area contributed by atoms with Gasteiger partial charge in [0.2, 0.25) is 10.0 Å². The lowest BCUT2D eigenvalue weighted by molar-refractivity contribution is -0.150. The van der Waals surface area contributed by atoms with Crippen LogP contribution in [-0.4, -0.2) is 26.9 Å². The van der Waals surface area contributed by atoms with Crippen LogP contribution in [0.3, 0.4) is 0 Å². The molecule has 1 amide bonds. The molecule has 0 saturated heterocycles. The third-order valence-electron chi connectivity index (χ3n) is 4.44. The van der Waals surface area contributed by atoms with Gasteiger partial charge in [-0.1, -0.05) is 50.6 Å². The van der Waals surface area contributed by atoms with E-state index < -0.39 is 34.4 Å². The molecule has 0 unspecified atom stereocenters. The number of carbonyl (C=O) groups excluding carboxylic acids is 2. The summed E-state index contributed by atoms with van der Waals surface area (Å²) < 4.78 is 27.7. The minimum absolute atomic E-state index is 0.0590. The second-order valence-electron chi connectivity index (χ2n) is 6.50. The minimum Gasteiger partial charge on any atom is -0.455 e. The van der Waals surface area contributed by atoms with Crippen LogP contribution < -0.4 is 10.5 Å². The maximum absolute atomic E-state index is 12.6. The first-order valence-corrected chi connectivity index (χ1v) is 10.4. The molecule has 7 nitrogen and oxygen atoms in total. The van der Waals surface area contributed by atoms with Gasteiger partial charge in [-0.25, -0.2) is 13.6 Å². The number of ether oxygens (including phenoxy) is 1. The fourth-order valence-electron chi connectivity index (χ4n) is 2.74. The van der Waals surface area contributed by atoms with Crippen molar-refractivity contribution >= 4 is 27.6 Å². The van der Waals surface area contributed by atoms with E-state index in [1.165, 1.54) is 24.3 Å². The summed E-state index contributed by atoms with van der Waals surface area (Å²) >= 11 is 0. The van der Waals surface area contributed by atoms with E-state index in [-0.39, 0.29) is 10.8 Å². The zero-order valence-electron chi connectivity index (χ0n) is 15.8. The van der Waals surface area contributed by atoms with Gasteiger partial charge in [-0.05, 0) is 35.7 Å². The third-order valence-corrected chi connectivity index (χ3v) is 5.37. The van der Waals surface area contributed by atoms with Crippen molar-refractivity contribution in [3.05, 3.63) is 60.2 Å². The third kappa shape index (κ3) is 5.90. The number of esters is 1. The molecule has 0 aromatic heterocycles. The fourth-order valence-corrected chi connectivity index (χ4v) is 3.26. The standard InChI is InChI=1S/C20H24N2O5S/c1-3-14(2)19(15-7-5-4-6-8-15)20(24)27-13-18(23)22-16-9-11-17(12-10-16)28(21,25)26/h4-12,14,19H,3,13H2,1-2H3,(H,22,23)(H2,21,25,26)/t14-,19+/m0/s1. The van der Waals surface area contributed by atoms with Crippen LogP contribution in [0.25, 0.3) is 0 Å². The molecule has 0 aliphatic carbocycles. The summed E-state index contributed by atoms with van der Waals surface area (Å²) in [4.78, 5) is 24.6. The molecule has 0 saturated carbocycles. The monoisotopic (exact) mass is 404 g/mol.